The number of morpholine rings is 1. The van der Waals surface area contributed by atoms with Crippen LogP contribution in [0.3, 0.4) is 0 Å². The van der Waals surface area contributed by atoms with Crippen LogP contribution in [0.25, 0.3) is 0 Å². The van der Waals surface area contributed by atoms with Crippen molar-refractivity contribution in [3.8, 4) is 0 Å². The van der Waals surface area contributed by atoms with Gasteiger partial charge in [-0.25, -0.2) is 8.42 Å². The fraction of sp³-hybridized carbons (Fsp3) is 0.409. The standard InChI is InChI=1S/C22H27ClN2O4S/c1-5-25(20-9-7-6-8-15(20)2)22(26)18-10-11-19(23)21(12-18)30(27,28)24-13-16(3)29-17(4)14-24/h6-12,16-17H,5,13-14H2,1-4H3/t16-,17-/m1/s1. The summed E-state index contributed by atoms with van der Waals surface area (Å²) in [4.78, 5) is 14.8. The first-order valence-corrected chi connectivity index (χ1v) is 11.8. The first-order valence-electron chi connectivity index (χ1n) is 9.97. The van der Waals surface area contributed by atoms with E-state index in [1.807, 2.05) is 52.0 Å². The van der Waals surface area contributed by atoms with Gasteiger partial charge in [0.05, 0.1) is 17.2 Å². The number of benzene rings is 2. The van der Waals surface area contributed by atoms with Gasteiger partial charge in [-0.2, -0.15) is 4.31 Å². The quantitative estimate of drug-likeness (QED) is 0.687. The van der Waals surface area contributed by atoms with Gasteiger partial charge in [-0.3, -0.25) is 4.79 Å². The second kappa shape index (κ2) is 9.06. The molecule has 0 aromatic heterocycles. The summed E-state index contributed by atoms with van der Waals surface area (Å²) < 4.78 is 33.6. The highest BCUT2D eigenvalue weighted by atomic mass is 35.5. The molecule has 1 heterocycles. The summed E-state index contributed by atoms with van der Waals surface area (Å²) in [5, 5.41) is 0.0947. The van der Waals surface area contributed by atoms with Gasteiger partial charge in [-0.15, -0.1) is 0 Å². The maximum atomic E-state index is 13.3. The van der Waals surface area contributed by atoms with Gasteiger partial charge in [0.2, 0.25) is 10.0 Å². The summed E-state index contributed by atoms with van der Waals surface area (Å²) in [5.74, 6) is -0.274. The maximum absolute atomic E-state index is 13.3. The summed E-state index contributed by atoms with van der Waals surface area (Å²) in [6, 6.07) is 12.0. The normalized spacial score (nSPS) is 20.2. The van der Waals surface area contributed by atoms with Crippen LogP contribution in [0.15, 0.2) is 47.4 Å². The number of carbonyl (C=O) groups excluding carboxylic acids is 1. The number of sulfonamides is 1. The Balaban J connectivity index is 1.98. The van der Waals surface area contributed by atoms with E-state index < -0.39 is 10.0 Å². The molecule has 0 N–H and O–H groups in total. The van der Waals surface area contributed by atoms with Crippen molar-refractivity contribution in [1.82, 2.24) is 4.31 Å². The number of para-hydroxylation sites is 1. The lowest BCUT2D eigenvalue weighted by Gasteiger charge is -2.34. The third-order valence-corrected chi connectivity index (χ3v) is 7.46. The monoisotopic (exact) mass is 450 g/mol. The Morgan fingerprint density at radius 1 is 1.17 bits per heavy atom. The molecule has 1 saturated heterocycles. The van der Waals surface area contributed by atoms with E-state index in [2.05, 4.69) is 0 Å². The maximum Gasteiger partial charge on any atom is 0.258 e. The molecule has 0 saturated carbocycles. The fourth-order valence-electron chi connectivity index (χ4n) is 3.75. The van der Waals surface area contributed by atoms with Gasteiger partial charge in [0, 0.05) is 30.9 Å². The Labute approximate surface area is 183 Å². The van der Waals surface area contributed by atoms with Crippen LogP contribution in [0, 0.1) is 6.92 Å². The number of ether oxygens (including phenoxy) is 1. The van der Waals surface area contributed by atoms with Crippen LogP contribution in [-0.4, -0.2) is 50.5 Å². The molecule has 0 spiro atoms. The van der Waals surface area contributed by atoms with Crippen molar-refractivity contribution in [2.24, 2.45) is 0 Å². The molecule has 0 bridgehead atoms. The average Bonchev–Trinajstić information content (AvgIpc) is 2.69. The molecule has 8 heteroatoms. The molecule has 6 nitrogen and oxygen atoms in total. The van der Waals surface area contributed by atoms with Crippen LogP contribution in [-0.2, 0) is 14.8 Å². The zero-order valence-electron chi connectivity index (χ0n) is 17.6. The van der Waals surface area contributed by atoms with Crippen molar-refractivity contribution >= 4 is 33.2 Å². The SMILES string of the molecule is CCN(C(=O)c1ccc(Cl)c(S(=O)(=O)N2C[C@@H](C)O[C@H](C)C2)c1)c1ccccc1C. The van der Waals surface area contributed by atoms with Crippen molar-refractivity contribution in [3.05, 3.63) is 58.6 Å². The van der Waals surface area contributed by atoms with E-state index in [9.17, 15) is 13.2 Å². The zero-order valence-corrected chi connectivity index (χ0v) is 19.2. The van der Waals surface area contributed by atoms with Crippen LogP contribution in [0.5, 0.6) is 0 Å². The van der Waals surface area contributed by atoms with Crippen molar-refractivity contribution in [2.75, 3.05) is 24.5 Å². The van der Waals surface area contributed by atoms with Crippen molar-refractivity contribution < 1.29 is 17.9 Å². The number of rotatable bonds is 5. The molecular formula is C22H27ClN2O4S. The molecule has 2 aromatic rings. The van der Waals surface area contributed by atoms with E-state index in [0.717, 1.165) is 11.3 Å². The Bertz CT molecular complexity index is 1030. The Morgan fingerprint density at radius 3 is 2.40 bits per heavy atom. The first kappa shape index (κ1) is 22.7. The molecule has 1 amide bonds. The molecule has 1 aliphatic heterocycles. The first-order chi connectivity index (χ1) is 14.1. The predicted molar refractivity (Wildman–Crippen MR) is 119 cm³/mol. The van der Waals surface area contributed by atoms with E-state index in [-0.39, 0.29) is 46.7 Å². The number of anilines is 1. The second-order valence-corrected chi connectivity index (χ2v) is 9.87. The summed E-state index contributed by atoms with van der Waals surface area (Å²) >= 11 is 6.27. The number of nitrogens with zero attached hydrogens (tertiary/aromatic N) is 2. The second-order valence-electron chi connectivity index (χ2n) is 7.56. The van der Waals surface area contributed by atoms with Crippen molar-refractivity contribution in [1.29, 1.82) is 0 Å². The largest absolute Gasteiger partial charge is 0.373 e. The Morgan fingerprint density at radius 2 is 1.80 bits per heavy atom. The van der Waals surface area contributed by atoms with Crippen molar-refractivity contribution in [2.45, 2.75) is 44.8 Å². The molecule has 30 heavy (non-hydrogen) atoms. The minimum atomic E-state index is -3.87. The molecule has 0 unspecified atom stereocenters. The third-order valence-electron chi connectivity index (χ3n) is 5.15. The van der Waals surface area contributed by atoms with Crippen LogP contribution in [0.4, 0.5) is 5.69 Å². The molecule has 162 valence electrons. The van der Waals surface area contributed by atoms with Gasteiger partial charge in [-0.05, 0) is 57.5 Å². The van der Waals surface area contributed by atoms with Crippen LogP contribution in [0.2, 0.25) is 5.02 Å². The number of aryl methyl sites for hydroxylation is 1. The van der Waals surface area contributed by atoms with Gasteiger partial charge in [-0.1, -0.05) is 29.8 Å². The minimum Gasteiger partial charge on any atom is -0.373 e. The molecular weight excluding hydrogens is 424 g/mol. The van der Waals surface area contributed by atoms with Gasteiger partial charge in [0.15, 0.2) is 0 Å². The molecule has 2 aromatic carbocycles. The molecule has 2 atom stereocenters. The van der Waals surface area contributed by atoms with Crippen LogP contribution >= 0.6 is 11.6 Å². The van der Waals surface area contributed by atoms with E-state index >= 15 is 0 Å². The lowest BCUT2D eigenvalue weighted by molar-refractivity contribution is -0.0440. The smallest absolute Gasteiger partial charge is 0.258 e. The zero-order chi connectivity index (χ0) is 22.1. The predicted octanol–water partition coefficient (Wildman–Crippen LogP) is 4.11. The van der Waals surface area contributed by atoms with Gasteiger partial charge in [0.1, 0.15) is 4.90 Å². The molecule has 0 aliphatic carbocycles. The number of hydrogen-bond donors (Lipinski definition) is 0. The third kappa shape index (κ3) is 4.54. The Hall–Kier alpha value is -1.93. The van der Waals surface area contributed by atoms with Gasteiger partial charge >= 0.3 is 0 Å². The van der Waals surface area contributed by atoms with E-state index in [1.54, 1.807) is 11.0 Å². The average molecular weight is 451 g/mol. The lowest BCUT2D eigenvalue weighted by atomic mass is 10.1. The lowest BCUT2D eigenvalue weighted by Crippen LogP contribution is -2.48. The summed E-state index contributed by atoms with van der Waals surface area (Å²) in [5.41, 5.74) is 2.03. The van der Waals surface area contributed by atoms with Crippen LogP contribution in [0.1, 0.15) is 36.7 Å². The summed E-state index contributed by atoms with van der Waals surface area (Å²) in [6.07, 6.45) is -0.437. The number of hydrogen-bond acceptors (Lipinski definition) is 4. The number of carbonyl (C=O) groups is 1. The Kier molecular flexibility index (Phi) is 6.87. The number of halogens is 1. The summed E-state index contributed by atoms with van der Waals surface area (Å²) in [6.45, 7) is 8.42. The molecule has 3 rings (SSSR count). The van der Waals surface area contributed by atoms with Gasteiger partial charge in [0.25, 0.3) is 5.91 Å². The van der Waals surface area contributed by atoms with E-state index in [1.165, 1.54) is 16.4 Å². The molecule has 0 radical (unpaired) electrons. The van der Waals surface area contributed by atoms with E-state index in [4.69, 9.17) is 16.3 Å². The summed E-state index contributed by atoms with van der Waals surface area (Å²) in [7, 11) is -3.87. The molecule has 1 aliphatic rings. The highest BCUT2D eigenvalue weighted by Crippen LogP contribution is 2.29. The highest BCUT2D eigenvalue weighted by molar-refractivity contribution is 7.89. The van der Waals surface area contributed by atoms with E-state index in [0.29, 0.717) is 6.54 Å². The highest BCUT2D eigenvalue weighted by Gasteiger charge is 2.34. The van der Waals surface area contributed by atoms with Crippen LogP contribution < -0.4 is 4.90 Å². The van der Waals surface area contributed by atoms with Crippen molar-refractivity contribution in [3.63, 3.8) is 0 Å². The topological polar surface area (TPSA) is 66.9 Å². The minimum absolute atomic E-state index is 0.0582. The molecule has 1 fully saturated rings. The number of amides is 1. The fourth-order valence-corrected chi connectivity index (χ4v) is 5.84. The van der Waals surface area contributed by atoms with Gasteiger partial charge < -0.3 is 9.64 Å².